The lowest BCUT2D eigenvalue weighted by atomic mass is 10.1. The highest BCUT2D eigenvalue weighted by Gasteiger charge is 2.09. The van der Waals surface area contributed by atoms with E-state index in [1.807, 2.05) is 42.5 Å². The molecule has 4 aromatic rings. The van der Waals surface area contributed by atoms with Crippen LogP contribution in [0.3, 0.4) is 0 Å². The lowest BCUT2D eigenvalue weighted by Crippen LogP contribution is -2.07. The third-order valence-electron chi connectivity index (χ3n) is 4.05. The first-order chi connectivity index (χ1) is 13.2. The number of anilines is 3. The van der Waals surface area contributed by atoms with Crippen molar-refractivity contribution in [1.82, 2.24) is 24.9 Å². The summed E-state index contributed by atoms with van der Waals surface area (Å²) >= 11 is 1.53. The number of hydrogen-bond acceptors (Lipinski definition) is 7. The molecule has 0 spiro atoms. The Kier molecular flexibility index (Phi) is 4.88. The van der Waals surface area contributed by atoms with Crippen molar-refractivity contribution in [2.45, 2.75) is 24.3 Å². The number of fused-ring (bicyclic) bond motifs is 1. The molecule has 7 nitrogen and oxygen atoms in total. The molecule has 2 aromatic carbocycles. The van der Waals surface area contributed by atoms with Gasteiger partial charge < -0.3 is 16.0 Å². The van der Waals surface area contributed by atoms with Crippen LogP contribution in [-0.4, -0.2) is 24.9 Å². The maximum Gasteiger partial charge on any atom is 0.232 e. The number of nitrogens with zero attached hydrogens (tertiary/aromatic N) is 4. The third-order valence-corrected chi connectivity index (χ3v) is 4.92. The van der Waals surface area contributed by atoms with Crippen molar-refractivity contribution in [1.29, 1.82) is 0 Å². The Hall–Kier alpha value is -3.13. The summed E-state index contributed by atoms with van der Waals surface area (Å²) in [4.78, 5) is 20.8. The lowest BCUT2D eigenvalue weighted by Gasteiger charge is -2.10. The van der Waals surface area contributed by atoms with E-state index in [9.17, 15) is 0 Å². The molecule has 2 aromatic heterocycles. The summed E-state index contributed by atoms with van der Waals surface area (Å²) in [5.74, 6) is 1.78. The minimum atomic E-state index is 0.196. The van der Waals surface area contributed by atoms with Crippen molar-refractivity contribution in [2.24, 2.45) is 0 Å². The quantitative estimate of drug-likeness (QED) is 0.437. The Morgan fingerprint density at radius 1 is 1.00 bits per heavy atom. The zero-order valence-electron chi connectivity index (χ0n) is 14.8. The summed E-state index contributed by atoms with van der Waals surface area (Å²) in [6, 6.07) is 16.0. The molecule has 0 atom stereocenters. The Labute approximate surface area is 160 Å². The summed E-state index contributed by atoms with van der Waals surface area (Å²) in [5.41, 5.74) is 9.99. The Morgan fingerprint density at radius 3 is 2.67 bits per heavy atom. The standard InChI is InChI=1S/C19H19N7S/c1-2-12-7-3-4-8-13(12)21-18-25-16(24-17(20)26-18)11-27-19-22-14-9-5-6-10-15(14)23-19/h3-10H,2,11H2,1H3,(H,22,23)(H3,20,21,24,25,26). The van der Waals surface area contributed by atoms with Crippen molar-refractivity contribution in [3.63, 3.8) is 0 Å². The Bertz CT molecular complexity index is 1040. The Balaban J connectivity index is 1.51. The van der Waals surface area contributed by atoms with E-state index in [0.717, 1.165) is 28.3 Å². The fraction of sp³-hybridized carbons (Fsp3) is 0.158. The maximum atomic E-state index is 5.88. The van der Waals surface area contributed by atoms with Crippen LogP contribution >= 0.6 is 11.8 Å². The van der Waals surface area contributed by atoms with E-state index in [1.165, 1.54) is 17.3 Å². The van der Waals surface area contributed by atoms with Crippen LogP contribution in [-0.2, 0) is 12.2 Å². The summed E-state index contributed by atoms with van der Waals surface area (Å²) < 4.78 is 0. The maximum absolute atomic E-state index is 5.88. The number of aromatic amines is 1. The first-order valence-corrected chi connectivity index (χ1v) is 9.62. The van der Waals surface area contributed by atoms with E-state index in [-0.39, 0.29) is 5.95 Å². The van der Waals surface area contributed by atoms with Gasteiger partial charge in [-0.1, -0.05) is 49.0 Å². The number of aryl methyl sites for hydroxylation is 1. The molecule has 0 unspecified atom stereocenters. The molecular weight excluding hydrogens is 358 g/mol. The van der Waals surface area contributed by atoms with Crippen molar-refractivity contribution in [3.05, 3.63) is 59.9 Å². The predicted molar refractivity (Wildman–Crippen MR) is 109 cm³/mol. The average molecular weight is 377 g/mol. The van der Waals surface area contributed by atoms with Gasteiger partial charge >= 0.3 is 0 Å². The number of para-hydroxylation sites is 3. The van der Waals surface area contributed by atoms with Crippen molar-refractivity contribution >= 4 is 40.4 Å². The summed E-state index contributed by atoms with van der Waals surface area (Å²) in [6.45, 7) is 2.11. The molecule has 0 fully saturated rings. The molecular formula is C19H19N7S. The van der Waals surface area contributed by atoms with Gasteiger partial charge in [0.25, 0.3) is 0 Å². The van der Waals surface area contributed by atoms with Gasteiger partial charge in [-0.15, -0.1) is 0 Å². The summed E-state index contributed by atoms with van der Waals surface area (Å²) in [7, 11) is 0. The van der Waals surface area contributed by atoms with Gasteiger partial charge in [-0.25, -0.2) is 4.98 Å². The fourth-order valence-corrected chi connectivity index (χ4v) is 3.50. The van der Waals surface area contributed by atoms with Crippen LogP contribution < -0.4 is 11.1 Å². The second kappa shape index (κ2) is 7.63. The van der Waals surface area contributed by atoms with Crippen molar-refractivity contribution in [3.8, 4) is 0 Å². The summed E-state index contributed by atoms with van der Waals surface area (Å²) in [6.07, 6.45) is 0.915. The number of hydrogen-bond donors (Lipinski definition) is 3. The second-order valence-electron chi connectivity index (χ2n) is 5.92. The van der Waals surface area contributed by atoms with Crippen LogP contribution in [0, 0.1) is 0 Å². The number of H-pyrrole nitrogens is 1. The Morgan fingerprint density at radius 2 is 1.81 bits per heavy atom. The smallest absolute Gasteiger partial charge is 0.232 e. The zero-order valence-corrected chi connectivity index (χ0v) is 15.6. The molecule has 4 rings (SSSR count). The number of benzene rings is 2. The van der Waals surface area contributed by atoms with Gasteiger partial charge in [-0.3, -0.25) is 0 Å². The van der Waals surface area contributed by atoms with Gasteiger partial charge in [0.2, 0.25) is 11.9 Å². The van der Waals surface area contributed by atoms with Crippen molar-refractivity contribution in [2.75, 3.05) is 11.1 Å². The number of thioether (sulfide) groups is 1. The van der Waals surface area contributed by atoms with Crippen LogP contribution in [0.15, 0.2) is 53.7 Å². The number of nitrogens with one attached hydrogen (secondary N) is 2. The zero-order chi connectivity index (χ0) is 18.6. The largest absolute Gasteiger partial charge is 0.368 e. The van der Waals surface area contributed by atoms with E-state index in [4.69, 9.17) is 5.73 Å². The molecule has 0 amide bonds. The van der Waals surface area contributed by atoms with Crippen LogP contribution in [0.1, 0.15) is 18.3 Å². The number of nitrogens with two attached hydrogens (primary N) is 1. The van der Waals surface area contributed by atoms with Gasteiger partial charge in [-0.05, 0) is 30.2 Å². The monoisotopic (exact) mass is 377 g/mol. The van der Waals surface area contributed by atoms with E-state index in [2.05, 4.69) is 43.2 Å². The molecule has 8 heteroatoms. The number of imidazole rings is 1. The van der Waals surface area contributed by atoms with Gasteiger partial charge in [0, 0.05) is 5.69 Å². The summed E-state index contributed by atoms with van der Waals surface area (Å²) in [5, 5.41) is 4.07. The first kappa shape index (κ1) is 17.3. The van der Waals surface area contributed by atoms with Crippen LogP contribution in [0.5, 0.6) is 0 Å². The fourth-order valence-electron chi connectivity index (χ4n) is 2.76. The molecule has 136 valence electrons. The molecule has 0 saturated carbocycles. The average Bonchev–Trinajstić information content (AvgIpc) is 3.09. The first-order valence-electron chi connectivity index (χ1n) is 8.64. The van der Waals surface area contributed by atoms with Gasteiger partial charge in [-0.2, -0.15) is 15.0 Å². The van der Waals surface area contributed by atoms with Gasteiger partial charge in [0.1, 0.15) is 5.82 Å². The molecule has 4 N–H and O–H groups in total. The molecule has 0 bridgehead atoms. The van der Waals surface area contributed by atoms with E-state index in [1.54, 1.807) is 0 Å². The molecule has 0 aliphatic rings. The van der Waals surface area contributed by atoms with Gasteiger partial charge in [0.15, 0.2) is 5.16 Å². The molecule has 0 aliphatic carbocycles. The molecule has 0 aliphatic heterocycles. The second-order valence-corrected chi connectivity index (χ2v) is 6.88. The van der Waals surface area contributed by atoms with Crippen molar-refractivity contribution < 1.29 is 0 Å². The highest BCUT2D eigenvalue weighted by atomic mass is 32.2. The van der Waals surface area contributed by atoms with Crippen LogP contribution in [0.4, 0.5) is 17.6 Å². The van der Waals surface area contributed by atoms with E-state index in [0.29, 0.717) is 17.5 Å². The molecule has 27 heavy (non-hydrogen) atoms. The highest BCUT2D eigenvalue weighted by molar-refractivity contribution is 7.98. The lowest BCUT2D eigenvalue weighted by molar-refractivity contribution is 0.974. The number of nitrogen functional groups attached to an aromatic ring is 1. The number of rotatable bonds is 6. The molecule has 0 radical (unpaired) electrons. The van der Waals surface area contributed by atoms with E-state index < -0.39 is 0 Å². The van der Waals surface area contributed by atoms with Gasteiger partial charge in [0.05, 0.1) is 16.8 Å². The minimum absolute atomic E-state index is 0.196. The third kappa shape index (κ3) is 4.01. The normalized spacial score (nSPS) is 11.0. The minimum Gasteiger partial charge on any atom is -0.368 e. The predicted octanol–water partition coefficient (Wildman–Crippen LogP) is 3.93. The van der Waals surface area contributed by atoms with Crippen LogP contribution in [0.2, 0.25) is 0 Å². The molecule has 2 heterocycles. The van der Waals surface area contributed by atoms with Crippen LogP contribution in [0.25, 0.3) is 11.0 Å². The van der Waals surface area contributed by atoms with E-state index >= 15 is 0 Å². The topological polar surface area (TPSA) is 105 Å². The highest BCUT2D eigenvalue weighted by Crippen LogP contribution is 2.23. The molecule has 0 saturated heterocycles. The SMILES string of the molecule is CCc1ccccc1Nc1nc(N)nc(CSc2nc3ccccc3[nH]2)n1. The number of aromatic nitrogens is 5.